The summed E-state index contributed by atoms with van der Waals surface area (Å²) in [5.74, 6) is 7.19. The van der Waals surface area contributed by atoms with E-state index in [1.807, 2.05) is 0 Å². The summed E-state index contributed by atoms with van der Waals surface area (Å²) >= 11 is 0. The van der Waals surface area contributed by atoms with Gasteiger partial charge in [-0.3, -0.25) is 4.90 Å². The van der Waals surface area contributed by atoms with Crippen LogP contribution in [0, 0.1) is 23.2 Å². The van der Waals surface area contributed by atoms with E-state index in [4.69, 9.17) is 14.2 Å². The highest BCUT2D eigenvalue weighted by molar-refractivity contribution is 5.88. The molecule has 190 valence electrons. The maximum Gasteiger partial charge on any atom is 0.415 e. The number of carboxylic acid groups (broad SMARTS) is 1. The Labute approximate surface area is 209 Å². The molecule has 0 saturated carbocycles. The van der Waals surface area contributed by atoms with Crippen LogP contribution in [0.4, 0.5) is 15.4 Å². The Kier molecular flexibility index (Phi) is 7.64. The molecule has 1 fully saturated rings. The van der Waals surface area contributed by atoms with Crippen LogP contribution in [0.15, 0.2) is 18.2 Å². The van der Waals surface area contributed by atoms with E-state index in [2.05, 4.69) is 23.0 Å². The summed E-state index contributed by atoms with van der Waals surface area (Å²) in [6, 6.07) is 6.86. The van der Waals surface area contributed by atoms with Crippen LogP contribution in [0.2, 0.25) is 0 Å². The lowest BCUT2D eigenvalue weighted by Gasteiger charge is -2.26. The molecule has 0 spiro atoms. The first-order chi connectivity index (χ1) is 17.0. The molecule has 1 saturated heterocycles. The Morgan fingerprint density at radius 1 is 1.17 bits per heavy atom. The van der Waals surface area contributed by atoms with E-state index >= 15 is 0 Å². The average Bonchev–Trinajstić information content (AvgIpc) is 3.45. The normalized spacial score (nSPS) is 14.9. The number of carbonyl (C=O) groups excluding carboxylic acids is 1. The predicted octanol–water partition coefficient (Wildman–Crippen LogP) is 3.47. The third kappa shape index (κ3) is 5.81. The van der Waals surface area contributed by atoms with Gasteiger partial charge in [0.25, 0.3) is 0 Å². The Bertz CT molecular complexity index is 1240. The van der Waals surface area contributed by atoms with Crippen molar-refractivity contribution in [3.63, 3.8) is 0 Å². The van der Waals surface area contributed by atoms with E-state index in [-0.39, 0.29) is 29.7 Å². The molecule has 1 atom stereocenters. The molecular weight excluding hydrogens is 466 g/mol. The zero-order chi connectivity index (χ0) is 26.6. The summed E-state index contributed by atoms with van der Waals surface area (Å²) in [5, 5.41) is 24.0. The zero-order valence-corrected chi connectivity index (χ0v) is 21.2. The van der Waals surface area contributed by atoms with Crippen LogP contribution in [0.1, 0.15) is 50.1 Å². The van der Waals surface area contributed by atoms with Crippen molar-refractivity contribution in [2.75, 3.05) is 39.3 Å². The monoisotopic (exact) mass is 495 g/mol. The first-order valence-electron chi connectivity index (χ1n) is 11.2. The van der Waals surface area contributed by atoms with Gasteiger partial charge in [-0.25, -0.2) is 14.3 Å². The highest BCUT2D eigenvalue weighted by Crippen LogP contribution is 2.32. The van der Waals surface area contributed by atoms with Crippen molar-refractivity contribution in [3.8, 4) is 29.4 Å². The minimum atomic E-state index is -1.04. The maximum absolute atomic E-state index is 12.9. The number of anilines is 1. The summed E-state index contributed by atoms with van der Waals surface area (Å²) in [5.41, 5.74) is 0.0485. The van der Waals surface area contributed by atoms with E-state index in [1.165, 1.54) is 35.7 Å². The number of ether oxygens (including phenoxy) is 3. The molecule has 2 aromatic rings. The molecular formula is C25H29N5O6. The van der Waals surface area contributed by atoms with E-state index in [9.17, 15) is 20.0 Å². The predicted molar refractivity (Wildman–Crippen MR) is 130 cm³/mol. The fraction of sp³-hybridized carbons (Fsp3) is 0.440. The Balaban J connectivity index is 2.10. The number of likely N-dealkylation sites (tertiary alicyclic amines) is 1. The third-order valence-corrected chi connectivity index (χ3v) is 5.44. The molecule has 0 aliphatic carbocycles. The molecule has 1 unspecified atom stereocenters. The zero-order valence-electron chi connectivity index (χ0n) is 21.2. The van der Waals surface area contributed by atoms with Gasteiger partial charge in [-0.15, -0.1) is 0 Å². The number of amides is 2. The minimum absolute atomic E-state index is 0.0829. The molecule has 3 rings (SSSR count). The summed E-state index contributed by atoms with van der Waals surface area (Å²) in [6.07, 6.45) is -1.25. The van der Waals surface area contributed by atoms with Gasteiger partial charge in [-0.2, -0.15) is 10.4 Å². The fourth-order valence-corrected chi connectivity index (χ4v) is 3.74. The van der Waals surface area contributed by atoms with E-state index in [0.717, 1.165) is 0 Å². The first kappa shape index (κ1) is 26.2. The van der Waals surface area contributed by atoms with Crippen molar-refractivity contribution in [1.82, 2.24) is 14.7 Å². The summed E-state index contributed by atoms with van der Waals surface area (Å²) in [6.45, 7) is 5.69. The molecule has 1 aliphatic rings. The molecule has 1 aliphatic heterocycles. The SMILES string of the molecule is COc1cc(C#Cc2nn(C3CCN(C(=O)O)C3)c(N(C)C(=O)OC(C)(C)C)c2C#N)cc(OC)c1. The van der Waals surface area contributed by atoms with E-state index < -0.39 is 17.8 Å². The molecule has 1 N–H and O–H groups in total. The quantitative estimate of drug-likeness (QED) is 0.638. The number of benzene rings is 1. The lowest BCUT2D eigenvalue weighted by atomic mass is 10.1. The van der Waals surface area contributed by atoms with Crippen LogP contribution in [0.3, 0.4) is 0 Å². The Morgan fingerprint density at radius 2 is 1.81 bits per heavy atom. The average molecular weight is 496 g/mol. The molecule has 36 heavy (non-hydrogen) atoms. The number of hydrogen-bond acceptors (Lipinski definition) is 7. The van der Waals surface area contributed by atoms with Crippen LogP contribution in [-0.2, 0) is 4.74 Å². The van der Waals surface area contributed by atoms with E-state index in [0.29, 0.717) is 30.0 Å². The standard InChI is InChI=1S/C25H29N5O6/c1-25(2,3)36-24(33)28(4)22-20(14-26)21(27-30(22)17-9-10-29(15-17)23(31)32)8-7-16-11-18(34-5)13-19(12-16)35-6/h11-13,17H,9-10,15H2,1-6H3,(H,31,32). The van der Waals surface area contributed by atoms with Crippen molar-refractivity contribution < 1.29 is 28.9 Å². The Morgan fingerprint density at radius 3 is 2.31 bits per heavy atom. The van der Waals surface area contributed by atoms with Gasteiger partial charge in [0.05, 0.1) is 20.3 Å². The van der Waals surface area contributed by atoms with Gasteiger partial charge in [-0.05, 0) is 45.2 Å². The van der Waals surface area contributed by atoms with Crippen molar-refractivity contribution in [2.24, 2.45) is 0 Å². The summed E-state index contributed by atoms with van der Waals surface area (Å²) in [4.78, 5) is 26.8. The van der Waals surface area contributed by atoms with Gasteiger partial charge in [0.15, 0.2) is 11.5 Å². The van der Waals surface area contributed by atoms with Gasteiger partial charge in [0.2, 0.25) is 0 Å². The molecule has 2 heterocycles. The maximum atomic E-state index is 12.9. The third-order valence-electron chi connectivity index (χ3n) is 5.44. The van der Waals surface area contributed by atoms with Gasteiger partial charge < -0.3 is 24.2 Å². The minimum Gasteiger partial charge on any atom is -0.497 e. The molecule has 2 amide bonds. The number of carbonyl (C=O) groups is 2. The lowest BCUT2D eigenvalue weighted by Crippen LogP contribution is -2.36. The fourth-order valence-electron chi connectivity index (χ4n) is 3.74. The van der Waals surface area contributed by atoms with Gasteiger partial charge in [0, 0.05) is 31.8 Å². The number of nitrogens with zero attached hydrogens (tertiary/aromatic N) is 5. The topological polar surface area (TPSA) is 130 Å². The highest BCUT2D eigenvalue weighted by Gasteiger charge is 2.34. The molecule has 0 radical (unpaired) electrons. The van der Waals surface area contributed by atoms with Gasteiger partial charge in [-0.1, -0.05) is 5.92 Å². The second-order valence-corrected chi connectivity index (χ2v) is 9.17. The number of hydrogen-bond donors (Lipinski definition) is 1. The molecule has 1 aromatic carbocycles. The molecule has 1 aromatic heterocycles. The number of nitriles is 1. The van der Waals surface area contributed by atoms with Crippen LogP contribution < -0.4 is 14.4 Å². The van der Waals surface area contributed by atoms with Crippen molar-refractivity contribution in [3.05, 3.63) is 35.0 Å². The first-order valence-corrected chi connectivity index (χ1v) is 11.2. The lowest BCUT2D eigenvalue weighted by molar-refractivity contribution is 0.0586. The number of methoxy groups -OCH3 is 2. The van der Waals surface area contributed by atoms with Crippen molar-refractivity contribution in [1.29, 1.82) is 5.26 Å². The highest BCUT2D eigenvalue weighted by atomic mass is 16.6. The van der Waals surface area contributed by atoms with Crippen LogP contribution in [-0.4, -0.2) is 71.9 Å². The second-order valence-electron chi connectivity index (χ2n) is 9.17. The van der Waals surface area contributed by atoms with Crippen LogP contribution >= 0.6 is 0 Å². The second kappa shape index (κ2) is 10.5. The molecule has 11 heteroatoms. The largest absolute Gasteiger partial charge is 0.497 e. The number of aromatic nitrogens is 2. The number of rotatable bonds is 4. The van der Waals surface area contributed by atoms with Crippen molar-refractivity contribution in [2.45, 2.75) is 38.8 Å². The summed E-state index contributed by atoms with van der Waals surface area (Å²) < 4.78 is 17.6. The summed E-state index contributed by atoms with van der Waals surface area (Å²) in [7, 11) is 4.54. The smallest absolute Gasteiger partial charge is 0.415 e. The van der Waals surface area contributed by atoms with Crippen LogP contribution in [0.5, 0.6) is 11.5 Å². The van der Waals surface area contributed by atoms with Gasteiger partial charge in [0.1, 0.15) is 28.7 Å². The van der Waals surface area contributed by atoms with Gasteiger partial charge >= 0.3 is 12.2 Å². The molecule has 0 bridgehead atoms. The Hall–Kier alpha value is -4.38. The van der Waals surface area contributed by atoms with Crippen molar-refractivity contribution >= 4 is 18.0 Å². The van der Waals surface area contributed by atoms with E-state index in [1.54, 1.807) is 39.0 Å². The van der Waals surface area contributed by atoms with Crippen LogP contribution in [0.25, 0.3) is 0 Å². The molecule has 11 nitrogen and oxygen atoms in total.